The van der Waals surface area contributed by atoms with Gasteiger partial charge in [0.25, 0.3) is 0 Å². The molecule has 0 aliphatic carbocycles. The van der Waals surface area contributed by atoms with Gasteiger partial charge in [-0.1, -0.05) is 18.2 Å². The van der Waals surface area contributed by atoms with E-state index in [0.29, 0.717) is 37.7 Å². The molecule has 3 aromatic rings. The molecular weight excluding hydrogens is 470 g/mol. The highest BCUT2D eigenvalue weighted by molar-refractivity contribution is 6.00. The van der Waals surface area contributed by atoms with E-state index in [9.17, 15) is 18.4 Å². The average molecular weight is 497 g/mol. The Hall–Kier alpha value is -4.41. The SMILES string of the molecule is Cc1cccnc1NC(=O)N1CCN(c2ccc(NC(=O)Nc3ccccc3OC(F)F)cc2)CC1. The van der Waals surface area contributed by atoms with Gasteiger partial charge in [-0.3, -0.25) is 5.32 Å². The zero-order chi connectivity index (χ0) is 25.5. The summed E-state index contributed by atoms with van der Waals surface area (Å²) in [5.41, 5.74) is 2.52. The Morgan fingerprint density at radius 1 is 0.917 bits per heavy atom. The van der Waals surface area contributed by atoms with Crippen LogP contribution in [0.25, 0.3) is 0 Å². The number of ether oxygens (including phenoxy) is 1. The number of hydrogen-bond donors (Lipinski definition) is 3. The number of amides is 4. The van der Waals surface area contributed by atoms with Crippen molar-refractivity contribution in [3.8, 4) is 5.75 Å². The first-order chi connectivity index (χ1) is 17.4. The molecule has 0 spiro atoms. The van der Waals surface area contributed by atoms with Gasteiger partial charge in [-0.2, -0.15) is 8.78 Å². The van der Waals surface area contributed by atoms with Gasteiger partial charge in [0.05, 0.1) is 5.69 Å². The van der Waals surface area contributed by atoms with Crippen LogP contribution in [0.3, 0.4) is 0 Å². The van der Waals surface area contributed by atoms with E-state index in [1.807, 2.05) is 31.2 Å². The molecule has 36 heavy (non-hydrogen) atoms. The van der Waals surface area contributed by atoms with Crippen LogP contribution in [-0.4, -0.2) is 54.7 Å². The largest absolute Gasteiger partial charge is 0.433 e. The number of carbonyl (C=O) groups excluding carboxylic acids is 2. The predicted octanol–water partition coefficient (Wildman–Crippen LogP) is 4.99. The highest BCUT2D eigenvalue weighted by Gasteiger charge is 2.22. The summed E-state index contributed by atoms with van der Waals surface area (Å²) in [5, 5.41) is 8.04. The molecule has 1 fully saturated rings. The third-order valence-corrected chi connectivity index (χ3v) is 5.64. The van der Waals surface area contributed by atoms with Crippen LogP contribution in [-0.2, 0) is 0 Å². The molecule has 1 aromatic heterocycles. The van der Waals surface area contributed by atoms with Crippen molar-refractivity contribution in [2.45, 2.75) is 13.5 Å². The minimum atomic E-state index is -3.00. The molecule has 0 atom stereocenters. The Labute approximate surface area is 207 Å². The van der Waals surface area contributed by atoms with Gasteiger partial charge in [0.2, 0.25) is 0 Å². The van der Waals surface area contributed by atoms with E-state index in [1.165, 1.54) is 18.2 Å². The van der Waals surface area contributed by atoms with Crippen LogP contribution in [0, 0.1) is 6.92 Å². The normalized spacial score (nSPS) is 13.3. The quantitative estimate of drug-likeness (QED) is 0.447. The van der Waals surface area contributed by atoms with Gasteiger partial charge in [0.1, 0.15) is 11.6 Å². The summed E-state index contributed by atoms with van der Waals surface area (Å²) in [5.74, 6) is 0.433. The fourth-order valence-corrected chi connectivity index (χ4v) is 3.77. The van der Waals surface area contributed by atoms with Crippen molar-refractivity contribution >= 4 is 34.9 Å². The molecule has 0 unspecified atom stereocenters. The van der Waals surface area contributed by atoms with Gasteiger partial charge in [-0.15, -0.1) is 0 Å². The molecule has 0 radical (unpaired) electrons. The Bertz CT molecular complexity index is 1200. The first-order valence-electron chi connectivity index (χ1n) is 11.3. The van der Waals surface area contributed by atoms with E-state index in [-0.39, 0.29) is 17.5 Å². The molecule has 1 aliphatic heterocycles. The zero-order valence-electron chi connectivity index (χ0n) is 19.6. The Kier molecular flexibility index (Phi) is 7.79. The maximum atomic E-state index is 12.6. The number of anilines is 4. The highest BCUT2D eigenvalue weighted by Crippen LogP contribution is 2.26. The zero-order valence-corrected chi connectivity index (χ0v) is 19.6. The number of pyridine rings is 1. The highest BCUT2D eigenvalue weighted by atomic mass is 19.3. The van der Waals surface area contributed by atoms with Crippen molar-refractivity contribution in [1.29, 1.82) is 0 Å². The van der Waals surface area contributed by atoms with E-state index < -0.39 is 12.6 Å². The summed E-state index contributed by atoms with van der Waals surface area (Å²) >= 11 is 0. The van der Waals surface area contributed by atoms with Gasteiger partial charge in [0.15, 0.2) is 0 Å². The number of benzene rings is 2. The summed E-state index contributed by atoms with van der Waals surface area (Å²) in [6.45, 7) is 1.32. The summed E-state index contributed by atoms with van der Waals surface area (Å²) in [6.07, 6.45) is 1.64. The fourth-order valence-electron chi connectivity index (χ4n) is 3.77. The molecular formula is C25H26F2N6O3. The van der Waals surface area contributed by atoms with Crippen LogP contribution in [0.4, 0.5) is 41.2 Å². The Morgan fingerprint density at radius 3 is 2.33 bits per heavy atom. The second-order valence-electron chi connectivity index (χ2n) is 8.07. The standard InChI is InChI=1S/C25H26F2N6O3/c1-17-5-4-12-28-22(17)31-25(35)33-15-13-32(14-16-33)19-10-8-18(9-11-19)29-24(34)30-20-6-2-3-7-21(20)36-23(26)27/h2-12,23H,13-16H2,1H3,(H,28,31,35)(H2,29,30,34). The molecule has 4 amide bonds. The van der Waals surface area contributed by atoms with Crippen LogP contribution < -0.4 is 25.6 Å². The second-order valence-corrected chi connectivity index (χ2v) is 8.07. The fraction of sp³-hybridized carbons (Fsp3) is 0.240. The lowest BCUT2D eigenvalue weighted by atomic mass is 10.2. The van der Waals surface area contributed by atoms with E-state index in [0.717, 1.165) is 11.3 Å². The number of nitrogens with one attached hydrogen (secondary N) is 3. The van der Waals surface area contributed by atoms with Crippen molar-refractivity contribution in [2.24, 2.45) is 0 Å². The number of aryl methyl sites for hydroxylation is 1. The first-order valence-corrected chi connectivity index (χ1v) is 11.3. The van der Waals surface area contributed by atoms with Gasteiger partial charge in [-0.05, 0) is 55.0 Å². The molecule has 1 aliphatic rings. The lowest BCUT2D eigenvalue weighted by Gasteiger charge is -2.36. The summed E-state index contributed by atoms with van der Waals surface area (Å²) in [7, 11) is 0. The molecule has 2 aromatic carbocycles. The predicted molar refractivity (Wildman–Crippen MR) is 134 cm³/mol. The van der Waals surface area contributed by atoms with Crippen LogP contribution in [0.5, 0.6) is 5.75 Å². The van der Waals surface area contributed by atoms with Crippen molar-refractivity contribution in [3.63, 3.8) is 0 Å². The molecule has 11 heteroatoms. The first kappa shape index (κ1) is 24.7. The van der Waals surface area contributed by atoms with Gasteiger partial charge < -0.3 is 25.2 Å². The number of hydrogen-bond acceptors (Lipinski definition) is 5. The molecule has 1 saturated heterocycles. The molecule has 188 valence electrons. The maximum absolute atomic E-state index is 12.6. The van der Waals surface area contributed by atoms with Crippen LogP contribution in [0.15, 0.2) is 66.9 Å². The lowest BCUT2D eigenvalue weighted by Crippen LogP contribution is -2.50. The third kappa shape index (κ3) is 6.38. The van der Waals surface area contributed by atoms with Gasteiger partial charge in [0, 0.05) is 43.8 Å². The summed E-state index contributed by atoms with van der Waals surface area (Å²) in [4.78, 5) is 33.0. The summed E-state index contributed by atoms with van der Waals surface area (Å²) < 4.78 is 29.5. The smallest absolute Gasteiger partial charge is 0.387 e. The molecule has 2 heterocycles. The number of urea groups is 2. The molecule has 3 N–H and O–H groups in total. The number of piperazine rings is 1. The minimum absolute atomic E-state index is 0.124. The number of halogens is 2. The molecule has 0 saturated carbocycles. The van der Waals surface area contributed by atoms with Crippen molar-refractivity contribution in [2.75, 3.05) is 47.0 Å². The van der Waals surface area contributed by atoms with E-state index in [2.05, 4.69) is 30.6 Å². The Balaban J connectivity index is 1.28. The third-order valence-electron chi connectivity index (χ3n) is 5.64. The van der Waals surface area contributed by atoms with Crippen LogP contribution in [0.1, 0.15) is 5.56 Å². The molecule has 4 rings (SSSR count). The molecule has 0 bridgehead atoms. The van der Waals surface area contributed by atoms with E-state index in [4.69, 9.17) is 0 Å². The van der Waals surface area contributed by atoms with Crippen molar-refractivity contribution in [3.05, 3.63) is 72.4 Å². The number of alkyl halides is 2. The van der Waals surface area contributed by atoms with Crippen molar-refractivity contribution < 1.29 is 23.1 Å². The number of nitrogens with zero attached hydrogens (tertiary/aromatic N) is 3. The Morgan fingerprint density at radius 2 is 1.64 bits per heavy atom. The minimum Gasteiger partial charge on any atom is -0.433 e. The number of carbonyl (C=O) groups is 2. The maximum Gasteiger partial charge on any atom is 0.387 e. The summed E-state index contributed by atoms with van der Waals surface area (Å²) in [6, 6.07) is 16.1. The second kappa shape index (κ2) is 11.3. The molecule has 9 nitrogen and oxygen atoms in total. The number of rotatable bonds is 6. The van der Waals surface area contributed by atoms with Gasteiger partial charge in [-0.25, -0.2) is 14.6 Å². The monoisotopic (exact) mass is 496 g/mol. The van der Waals surface area contributed by atoms with Gasteiger partial charge >= 0.3 is 18.7 Å². The van der Waals surface area contributed by atoms with Crippen molar-refractivity contribution in [1.82, 2.24) is 9.88 Å². The van der Waals surface area contributed by atoms with E-state index >= 15 is 0 Å². The topological polar surface area (TPSA) is 98.8 Å². The number of para-hydroxylation sites is 2. The number of aromatic nitrogens is 1. The lowest BCUT2D eigenvalue weighted by molar-refractivity contribution is -0.0493. The van der Waals surface area contributed by atoms with Crippen LogP contribution >= 0.6 is 0 Å². The average Bonchev–Trinajstić information content (AvgIpc) is 2.87. The van der Waals surface area contributed by atoms with Crippen LogP contribution in [0.2, 0.25) is 0 Å². The van der Waals surface area contributed by atoms with E-state index in [1.54, 1.807) is 29.3 Å².